The van der Waals surface area contributed by atoms with Crippen LogP contribution in [0.3, 0.4) is 0 Å². The van der Waals surface area contributed by atoms with Crippen molar-refractivity contribution in [3.63, 3.8) is 0 Å². The quantitative estimate of drug-likeness (QED) is 0.478. The van der Waals surface area contributed by atoms with E-state index in [9.17, 15) is 18.8 Å². The van der Waals surface area contributed by atoms with Gasteiger partial charge in [0.05, 0.1) is 15.6 Å². The third kappa shape index (κ3) is 5.01. The minimum Gasteiger partial charge on any atom is -0.452 e. The number of esters is 1. The first-order valence-electron chi connectivity index (χ1n) is 7.00. The molecule has 5 nitrogen and oxygen atoms in total. The second-order valence-corrected chi connectivity index (χ2v) is 5.82. The number of ether oxygens (including phenoxy) is 1. The van der Waals surface area contributed by atoms with E-state index in [1.165, 1.54) is 13.0 Å². The first kappa shape index (κ1) is 18.9. The molecular formula is C17H12Cl2FNO4. The van der Waals surface area contributed by atoms with Crippen molar-refractivity contribution in [3.05, 3.63) is 63.4 Å². The number of nitrogens with one attached hydrogen (secondary N) is 1. The van der Waals surface area contributed by atoms with Crippen molar-refractivity contribution in [1.82, 2.24) is 0 Å². The van der Waals surface area contributed by atoms with Crippen molar-refractivity contribution < 1.29 is 23.5 Å². The molecule has 0 bridgehead atoms. The van der Waals surface area contributed by atoms with Gasteiger partial charge in [-0.05, 0) is 31.2 Å². The molecule has 25 heavy (non-hydrogen) atoms. The number of hydrogen-bond donors (Lipinski definition) is 1. The van der Waals surface area contributed by atoms with E-state index < -0.39 is 24.3 Å². The van der Waals surface area contributed by atoms with E-state index in [0.717, 1.165) is 12.1 Å². The minimum absolute atomic E-state index is 0.0917. The summed E-state index contributed by atoms with van der Waals surface area (Å²) >= 11 is 11.3. The summed E-state index contributed by atoms with van der Waals surface area (Å²) in [5.74, 6) is -2.57. The van der Waals surface area contributed by atoms with Crippen molar-refractivity contribution in [2.24, 2.45) is 0 Å². The Morgan fingerprint density at radius 2 is 1.84 bits per heavy atom. The van der Waals surface area contributed by atoms with Gasteiger partial charge in [0.15, 0.2) is 12.4 Å². The molecule has 0 atom stereocenters. The highest BCUT2D eigenvalue weighted by Gasteiger charge is 2.17. The number of hydrogen-bond acceptors (Lipinski definition) is 4. The van der Waals surface area contributed by atoms with E-state index in [1.54, 1.807) is 18.2 Å². The second kappa shape index (κ2) is 8.09. The SMILES string of the molecule is CC(=O)c1cccc(NC(=O)COC(=O)c2cc(F)c(Cl)cc2Cl)c1. The number of ketones is 1. The smallest absolute Gasteiger partial charge is 0.340 e. The van der Waals surface area contributed by atoms with Crippen molar-refractivity contribution >= 4 is 46.5 Å². The fraction of sp³-hybridized carbons (Fsp3) is 0.118. The third-order valence-corrected chi connectivity index (χ3v) is 3.72. The number of carbonyl (C=O) groups is 3. The first-order valence-corrected chi connectivity index (χ1v) is 7.76. The molecule has 0 fully saturated rings. The van der Waals surface area contributed by atoms with Crippen molar-refractivity contribution in [3.8, 4) is 0 Å². The first-order chi connectivity index (χ1) is 11.8. The molecule has 8 heteroatoms. The molecule has 2 rings (SSSR count). The van der Waals surface area contributed by atoms with E-state index in [-0.39, 0.29) is 21.4 Å². The number of Topliss-reactive ketones (excluding diaryl/α,β-unsaturated/α-hetero) is 1. The summed E-state index contributed by atoms with van der Waals surface area (Å²) in [6, 6.07) is 8.19. The highest BCUT2D eigenvalue weighted by Crippen LogP contribution is 2.24. The van der Waals surface area contributed by atoms with Gasteiger partial charge in [0, 0.05) is 11.3 Å². The Morgan fingerprint density at radius 3 is 2.52 bits per heavy atom. The fourth-order valence-corrected chi connectivity index (χ4v) is 2.36. The molecule has 0 radical (unpaired) electrons. The van der Waals surface area contributed by atoms with Crippen LogP contribution in [0.1, 0.15) is 27.6 Å². The Hall–Kier alpha value is -2.44. The van der Waals surface area contributed by atoms with E-state index in [1.807, 2.05) is 0 Å². The number of carbonyl (C=O) groups excluding carboxylic acids is 3. The van der Waals surface area contributed by atoms with Crippen LogP contribution in [0.4, 0.5) is 10.1 Å². The average molecular weight is 384 g/mol. The number of amides is 1. The van der Waals surface area contributed by atoms with Crippen LogP contribution in [0.5, 0.6) is 0 Å². The van der Waals surface area contributed by atoms with Gasteiger partial charge in [0.2, 0.25) is 0 Å². The molecule has 0 heterocycles. The van der Waals surface area contributed by atoms with Gasteiger partial charge in [-0.3, -0.25) is 9.59 Å². The summed E-state index contributed by atoms with van der Waals surface area (Å²) in [4.78, 5) is 35.0. The van der Waals surface area contributed by atoms with E-state index in [2.05, 4.69) is 5.32 Å². The molecule has 0 aliphatic carbocycles. The molecule has 0 saturated carbocycles. The summed E-state index contributed by atoms with van der Waals surface area (Å²) in [5.41, 5.74) is 0.567. The Labute approximate surface area is 152 Å². The molecule has 1 amide bonds. The van der Waals surface area contributed by atoms with Gasteiger partial charge in [-0.15, -0.1) is 0 Å². The topological polar surface area (TPSA) is 72.5 Å². The number of halogens is 3. The predicted molar refractivity (Wildman–Crippen MR) is 91.8 cm³/mol. The van der Waals surface area contributed by atoms with Crippen LogP contribution in [0.2, 0.25) is 10.0 Å². The fourth-order valence-electron chi connectivity index (χ4n) is 1.90. The Bertz CT molecular complexity index is 855. The maximum absolute atomic E-state index is 13.4. The van der Waals surface area contributed by atoms with Gasteiger partial charge in [-0.25, -0.2) is 9.18 Å². The van der Waals surface area contributed by atoms with Crippen LogP contribution in [0.15, 0.2) is 36.4 Å². The molecule has 2 aromatic carbocycles. The highest BCUT2D eigenvalue weighted by molar-refractivity contribution is 6.36. The zero-order valence-electron chi connectivity index (χ0n) is 12.9. The lowest BCUT2D eigenvalue weighted by Gasteiger charge is -2.08. The molecular weight excluding hydrogens is 372 g/mol. The van der Waals surface area contributed by atoms with Gasteiger partial charge >= 0.3 is 5.97 Å². The van der Waals surface area contributed by atoms with Crippen LogP contribution in [0.25, 0.3) is 0 Å². The predicted octanol–water partition coefficient (Wildman–Crippen LogP) is 4.13. The molecule has 1 N–H and O–H groups in total. The van der Waals surface area contributed by atoms with Crippen LogP contribution in [-0.4, -0.2) is 24.3 Å². The van der Waals surface area contributed by atoms with E-state index in [0.29, 0.717) is 11.3 Å². The maximum Gasteiger partial charge on any atom is 0.340 e. The van der Waals surface area contributed by atoms with Crippen LogP contribution in [0, 0.1) is 5.82 Å². The Kier molecular flexibility index (Phi) is 6.12. The van der Waals surface area contributed by atoms with E-state index in [4.69, 9.17) is 27.9 Å². The second-order valence-electron chi connectivity index (χ2n) is 5.01. The molecule has 0 aromatic heterocycles. The zero-order chi connectivity index (χ0) is 18.6. The lowest BCUT2D eigenvalue weighted by atomic mass is 10.1. The molecule has 0 aliphatic heterocycles. The Balaban J connectivity index is 1.98. The monoisotopic (exact) mass is 383 g/mol. The average Bonchev–Trinajstić information content (AvgIpc) is 2.56. The summed E-state index contributed by atoms with van der Waals surface area (Å²) in [6.45, 7) is 0.793. The lowest BCUT2D eigenvalue weighted by molar-refractivity contribution is -0.119. The van der Waals surface area contributed by atoms with Crippen LogP contribution >= 0.6 is 23.2 Å². The van der Waals surface area contributed by atoms with E-state index >= 15 is 0 Å². The third-order valence-electron chi connectivity index (χ3n) is 3.12. The number of anilines is 1. The minimum atomic E-state index is -0.965. The molecule has 0 aliphatic rings. The molecule has 130 valence electrons. The largest absolute Gasteiger partial charge is 0.452 e. The van der Waals surface area contributed by atoms with Gasteiger partial charge in [0.1, 0.15) is 5.82 Å². The number of benzene rings is 2. The molecule has 2 aromatic rings. The lowest BCUT2D eigenvalue weighted by Crippen LogP contribution is -2.21. The van der Waals surface area contributed by atoms with Gasteiger partial charge in [-0.1, -0.05) is 35.3 Å². The van der Waals surface area contributed by atoms with Gasteiger partial charge in [-0.2, -0.15) is 0 Å². The zero-order valence-corrected chi connectivity index (χ0v) is 14.4. The molecule has 0 spiro atoms. The highest BCUT2D eigenvalue weighted by atomic mass is 35.5. The summed E-state index contributed by atoms with van der Waals surface area (Å²) in [5, 5.41) is 2.16. The standard InChI is InChI=1S/C17H12Cl2FNO4/c1-9(22)10-3-2-4-11(5-10)21-16(23)8-25-17(24)12-6-15(20)14(19)7-13(12)18/h2-7H,8H2,1H3,(H,21,23). The maximum atomic E-state index is 13.4. The van der Waals surface area contributed by atoms with Crippen LogP contribution in [-0.2, 0) is 9.53 Å². The normalized spacial score (nSPS) is 10.2. The Morgan fingerprint density at radius 1 is 1.12 bits per heavy atom. The van der Waals surface area contributed by atoms with Crippen LogP contribution < -0.4 is 5.32 Å². The summed E-state index contributed by atoms with van der Waals surface area (Å²) in [6.07, 6.45) is 0. The summed E-state index contributed by atoms with van der Waals surface area (Å²) < 4.78 is 18.2. The number of rotatable bonds is 5. The molecule has 0 saturated heterocycles. The van der Waals surface area contributed by atoms with Crippen molar-refractivity contribution in [2.45, 2.75) is 6.92 Å². The van der Waals surface area contributed by atoms with Gasteiger partial charge < -0.3 is 10.1 Å². The van der Waals surface area contributed by atoms with Gasteiger partial charge in [0.25, 0.3) is 5.91 Å². The molecule has 0 unspecified atom stereocenters. The summed E-state index contributed by atoms with van der Waals surface area (Å²) in [7, 11) is 0. The van der Waals surface area contributed by atoms with Crippen molar-refractivity contribution in [1.29, 1.82) is 0 Å². The van der Waals surface area contributed by atoms with Crippen molar-refractivity contribution in [2.75, 3.05) is 11.9 Å².